The van der Waals surface area contributed by atoms with Crippen LogP contribution in [0.5, 0.6) is 0 Å². The van der Waals surface area contributed by atoms with Gasteiger partial charge in [0.05, 0.1) is 12.3 Å². The van der Waals surface area contributed by atoms with Gasteiger partial charge in [-0.15, -0.1) is 0 Å². The molecular weight excluding hydrogens is 212 g/mol. The topological polar surface area (TPSA) is 50.2 Å². The number of nitrogens with zero attached hydrogens (tertiary/aromatic N) is 1. The second kappa shape index (κ2) is 6.76. The number of methoxy groups -OCH3 is 1. The van der Waals surface area contributed by atoms with Gasteiger partial charge in [0.2, 0.25) is 0 Å². The van der Waals surface area contributed by atoms with Crippen LogP contribution in [0.2, 0.25) is 0 Å². The fraction of sp³-hybridized carbons (Fsp3) is 0.700. The number of unbranched alkanes of at least 4 members (excludes halogenated alkanes) is 2. The lowest BCUT2D eigenvalue weighted by Crippen LogP contribution is -2.03. The van der Waals surface area contributed by atoms with Crippen molar-refractivity contribution < 1.29 is 9.84 Å². The molecule has 0 saturated carbocycles. The summed E-state index contributed by atoms with van der Waals surface area (Å²) in [6, 6.07) is 0. The van der Waals surface area contributed by atoms with Crippen LogP contribution in [-0.2, 0) is 17.9 Å². The van der Waals surface area contributed by atoms with Gasteiger partial charge in [-0.05, 0) is 31.5 Å². The van der Waals surface area contributed by atoms with E-state index in [0.717, 1.165) is 38.1 Å². The molecule has 0 amide bonds. The highest BCUT2D eigenvalue weighted by molar-refractivity contribution is 7.71. The third-order valence-corrected chi connectivity index (χ3v) is 2.68. The molecule has 4 nitrogen and oxygen atoms in total. The van der Waals surface area contributed by atoms with Crippen molar-refractivity contribution in [2.45, 2.75) is 32.4 Å². The molecule has 0 saturated heterocycles. The molecule has 0 unspecified atom stereocenters. The number of aliphatic hydroxyl groups is 1. The van der Waals surface area contributed by atoms with Crippen molar-refractivity contribution in [1.29, 1.82) is 0 Å². The van der Waals surface area contributed by atoms with Crippen LogP contribution in [0, 0.1) is 4.77 Å². The standard InChI is InChI=1S/C10H18N2O2S/c1-14-6-4-2-3-5-12-9(8-13)7-11-10(12)15/h7,13H,2-6,8H2,1H3,(H,11,15). The SMILES string of the molecule is COCCCCCn1c(CO)c[nH]c1=S. The van der Waals surface area contributed by atoms with Gasteiger partial charge in [0.25, 0.3) is 0 Å². The Balaban J connectivity index is 2.36. The molecule has 0 bridgehead atoms. The van der Waals surface area contributed by atoms with Crippen molar-refractivity contribution >= 4 is 12.2 Å². The minimum absolute atomic E-state index is 0.0329. The number of aromatic amines is 1. The average molecular weight is 230 g/mol. The fourth-order valence-electron chi connectivity index (χ4n) is 1.50. The average Bonchev–Trinajstić information content (AvgIpc) is 2.60. The minimum atomic E-state index is 0.0329. The van der Waals surface area contributed by atoms with Crippen LogP contribution in [0.4, 0.5) is 0 Å². The smallest absolute Gasteiger partial charge is 0.177 e. The number of imidazole rings is 1. The number of rotatable bonds is 7. The predicted octanol–water partition coefficient (Wildman–Crippen LogP) is 1.85. The second-order valence-corrected chi connectivity index (χ2v) is 3.84. The zero-order chi connectivity index (χ0) is 11.1. The first-order chi connectivity index (χ1) is 7.29. The zero-order valence-electron chi connectivity index (χ0n) is 9.03. The van der Waals surface area contributed by atoms with Crippen LogP contribution >= 0.6 is 12.2 Å². The summed E-state index contributed by atoms with van der Waals surface area (Å²) >= 11 is 5.11. The van der Waals surface area contributed by atoms with E-state index in [9.17, 15) is 0 Å². The Morgan fingerprint density at radius 2 is 2.27 bits per heavy atom. The van der Waals surface area contributed by atoms with Crippen LogP contribution < -0.4 is 0 Å². The Morgan fingerprint density at radius 3 is 2.93 bits per heavy atom. The van der Waals surface area contributed by atoms with Crippen molar-refractivity contribution in [2.24, 2.45) is 0 Å². The summed E-state index contributed by atoms with van der Waals surface area (Å²) in [4.78, 5) is 2.93. The highest BCUT2D eigenvalue weighted by atomic mass is 32.1. The molecule has 0 fully saturated rings. The molecule has 5 heteroatoms. The Hall–Kier alpha value is -0.650. The first kappa shape index (κ1) is 12.4. The Labute approximate surface area is 94.9 Å². The molecule has 1 rings (SSSR count). The molecule has 0 aliphatic rings. The van der Waals surface area contributed by atoms with E-state index in [2.05, 4.69) is 4.98 Å². The summed E-state index contributed by atoms with van der Waals surface area (Å²) in [5, 5.41) is 9.07. The Morgan fingerprint density at radius 1 is 1.47 bits per heavy atom. The van der Waals surface area contributed by atoms with Crippen LogP contribution in [-0.4, -0.2) is 28.4 Å². The van der Waals surface area contributed by atoms with Gasteiger partial charge in [-0.2, -0.15) is 0 Å². The maximum atomic E-state index is 9.07. The van der Waals surface area contributed by atoms with Crippen molar-refractivity contribution in [1.82, 2.24) is 9.55 Å². The number of nitrogens with one attached hydrogen (secondary N) is 1. The molecule has 0 atom stereocenters. The van der Waals surface area contributed by atoms with E-state index in [4.69, 9.17) is 22.1 Å². The molecule has 0 aromatic carbocycles. The number of aromatic nitrogens is 2. The molecule has 1 aromatic heterocycles. The molecule has 2 N–H and O–H groups in total. The van der Waals surface area contributed by atoms with E-state index in [0.29, 0.717) is 4.77 Å². The maximum absolute atomic E-state index is 9.07. The summed E-state index contributed by atoms with van der Waals surface area (Å²) in [7, 11) is 1.71. The van der Waals surface area contributed by atoms with Crippen LogP contribution in [0.25, 0.3) is 0 Å². The van der Waals surface area contributed by atoms with Gasteiger partial charge in [0, 0.05) is 26.5 Å². The van der Waals surface area contributed by atoms with Crippen molar-refractivity contribution in [3.63, 3.8) is 0 Å². The minimum Gasteiger partial charge on any atom is -0.390 e. The Bertz CT molecular complexity index is 332. The number of H-pyrrole nitrogens is 1. The molecular formula is C10H18N2O2S. The molecule has 15 heavy (non-hydrogen) atoms. The van der Waals surface area contributed by atoms with E-state index >= 15 is 0 Å². The van der Waals surface area contributed by atoms with E-state index in [1.54, 1.807) is 13.3 Å². The van der Waals surface area contributed by atoms with Gasteiger partial charge in [-0.25, -0.2) is 0 Å². The summed E-state index contributed by atoms with van der Waals surface area (Å²) in [6.07, 6.45) is 5.01. The van der Waals surface area contributed by atoms with Gasteiger partial charge in [-0.3, -0.25) is 0 Å². The highest BCUT2D eigenvalue weighted by Gasteiger charge is 2.01. The van der Waals surface area contributed by atoms with Crippen LogP contribution in [0.1, 0.15) is 25.0 Å². The highest BCUT2D eigenvalue weighted by Crippen LogP contribution is 2.05. The van der Waals surface area contributed by atoms with Crippen LogP contribution in [0.3, 0.4) is 0 Å². The quantitative estimate of drug-likeness (QED) is 0.555. The molecule has 0 aliphatic heterocycles. The molecule has 1 heterocycles. The fourth-order valence-corrected chi connectivity index (χ4v) is 1.77. The van der Waals surface area contributed by atoms with Gasteiger partial charge >= 0.3 is 0 Å². The second-order valence-electron chi connectivity index (χ2n) is 3.45. The number of ether oxygens (including phenoxy) is 1. The lowest BCUT2D eigenvalue weighted by Gasteiger charge is -2.05. The Kier molecular flexibility index (Phi) is 5.60. The first-order valence-corrected chi connectivity index (χ1v) is 5.57. The van der Waals surface area contributed by atoms with Gasteiger partial charge in [0.1, 0.15) is 0 Å². The molecule has 1 aromatic rings. The molecule has 86 valence electrons. The van der Waals surface area contributed by atoms with E-state index in [1.807, 2.05) is 4.57 Å². The van der Waals surface area contributed by atoms with E-state index in [1.165, 1.54) is 0 Å². The van der Waals surface area contributed by atoms with Gasteiger partial charge < -0.3 is 19.4 Å². The van der Waals surface area contributed by atoms with Gasteiger partial charge in [0.15, 0.2) is 4.77 Å². The molecule has 0 aliphatic carbocycles. The monoisotopic (exact) mass is 230 g/mol. The van der Waals surface area contributed by atoms with Crippen molar-refractivity contribution in [3.8, 4) is 0 Å². The summed E-state index contributed by atoms with van der Waals surface area (Å²) in [5.41, 5.74) is 0.853. The third-order valence-electron chi connectivity index (χ3n) is 2.35. The predicted molar refractivity (Wildman–Crippen MR) is 61.3 cm³/mol. The number of hydrogen-bond acceptors (Lipinski definition) is 3. The van der Waals surface area contributed by atoms with Crippen molar-refractivity contribution in [2.75, 3.05) is 13.7 Å². The van der Waals surface area contributed by atoms with Crippen molar-refractivity contribution in [3.05, 3.63) is 16.7 Å². The summed E-state index contributed by atoms with van der Waals surface area (Å²) in [5.74, 6) is 0. The van der Waals surface area contributed by atoms with E-state index in [-0.39, 0.29) is 6.61 Å². The van der Waals surface area contributed by atoms with E-state index < -0.39 is 0 Å². The first-order valence-electron chi connectivity index (χ1n) is 5.16. The zero-order valence-corrected chi connectivity index (χ0v) is 9.85. The maximum Gasteiger partial charge on any atom is 0.177 e. The normalized spacial score (nSPS) is 10.8. The van der Waals surface area contributed by atoms with Gasteiger partial charge in [-0.1, -0.05) is 0 Å². The number of hydrogen-bond donors (Lipinski definition) is 2. The largest absolute Gasteiger partial charge is 0.390 e. The lowest BCUT2D eigenvalue weighted by molar-refractivity contribution is 0.191. The number of aliphatic hydroxyl groups excluding tert-OH is 1. The van der Waals surface area contributed by atoms with Crippen LogP contribution in [0.15, 0.2) is 6.20 Å². The molecule has 0 spiro atoms. The summed E-state index contributed by atoms with van der Waals surface area (Å²) in [6.45, 7) is 1.71. The summed E-state index contributed by atoms with van der Waals surface area (Å²) < 4.78 is 7.61. The third kappa shape index (κ3) is 3.77. The molecule has 0 radical (unpaired) electrons. The lowest BCUT2D eigenvalue weighted by atomic mass is 10.2.